The summed E-state index contributed by atoms with van der Waals surface area (Å²) in [6, 6.07) is 23.8. The normalized spacial score (nSPS) is 17.5. The van der Waals surface area contributed by atoms with Crippen LogP contribution in [0.3, 0.4) is 0 Å². The summed E-state index contributed by atoms with van der Waals surface area (Å²) in [7, 11) is -4.06. The van der Waals surface area contributed by atoms with Crippen LogP contribution in [-0.2, 0) is 20.4 Å². The summed E-state index contributed by atoms with van der Waals surface area (Å²) in [6.45, 7) is 1.37. The number of rotatable bonds is 7. The van der Waals surface area contributed by atoms with E-state index in [0.29, 0.717) is 16.3 Å². The number of fused-ring (bicyclic) bond motifs is 1. The molecule has 1 aliphatic rings. The number of sulfonamides is 1. The van der Waals surface area contributed by atoms with Gasteiger partial charge in [0.25, 0.3) is 11.8 Å². The van der Waals surface area contributed by atoms with E-state index in [-0.39, 0.29) is 18.8 Å². The van der Waals surface area contributed by atoms with Gasteiger partial charge < -0.3 is 9.88 Å². The maximum atomic E-state index is 14.0. The molecule has 1 saturated heterocycles. The largest absolute Gasteiger partial charge is 0.346 e. The third-order valence-corrected chi connectivity index (χ3v) is 9.72. The van der Waals surface area contributed by atoms with Crippen molar-refractivity contribution in [2.45, 2.75) is 12.5 Å². The van der Waals surface area contributed by atoms with Crippen molar-refractivity contribution in [1.82, 2.24) is 24.2 Å². The molecule has 1 fully saturated rings. The van der Waals surface area contributed by atoms with Crippen LogP contribution in [-0.4, -0.2) is 63.2 Å². The maximum absolute atomic E-state index is 14.0. The maximum Gasteiger partial charge on any atom is 0.268 e. The molecule has 0 bridgehead atoms. The number of aromatic nitrogens is 3. The molecule has 0 aliphatic carbocycles. The van der Waals surface area contributed by atoms with Gasteiger partial charge in [-0.2, -0.15) is 0 Å². The fourth-order valence-electron chi connectivity index (χ4n) is 5.43. The first-order valence-corrected chi connectivity index (χ1v) is 15.9. The SMILES string of the molecule is CC1(c2cnc[nH]2)C(=O)N(S(=O)(=O)CC=Cc2ccc3cc(Cl)ccc3c2)CCN1C(=O)c1ccc(-c2ccccn2)cc1. The van der Waals surface area contributed by atoms with E-state index < -0.39 is 27.4 Å². The molecule has 44 heavy (non-hydrogen) atoms. The van der Waals surface area contributed by atoms with Crippen LogP contribution in [0.25, 0.3) is 28.1 Å². The van der Waals surface area contributed by atoms with E-state index in [4.69, 9.17) is 11.6 Å². The molecule has 5 aromatic rings. The molecule has 1 atom stereocenters. The Bertz CT molecular complexity index is 1980. The Labute approximate surface area is 259 Å². The molecular formula is C33H28ClN5O4S. The number of H-pyrrole nitrogens is 1. The first-order chi connectivity index (χ1) is 21.2. The van der Waals surface area contributed by atoms with Crippen LogP contribution in [0.2, 0.25) is 5.02 Å². The highest BCUT2D eigenvalue weighted by Gasteiger charge is 2.53. The van der Waals surface area contributed by atoms with Gasteiger partial charge in [-0.15, -0.1) is 0 Å². The van der Waals surface area contributed by atoms with E-state index in [0.717, 1.165) is 31.9 Å². The molecule has 2 aromatic heterocycles. The summed E-state index contributed by atoms with van der Waals surface area (Å²) in [5.74, 6) is -1.53. The van der Waals surface area contributed by atoms with Crippen LogP contribution in [0, 0.1) is 0 Å². The second kappa shape index (κ2) is 11.7. The fourth-order valence-corrected chi connectivity index (χ4v) is 6.92. The number of piperazine rings is 1. The third kappa shape index (κ3) is 5.49. The van der Waals surface area contributed by atoms with E-state index in [2.05, 4.69) is 15.0 Å². The summed E-state index contributed by atoms with van der Waals surface area (Å²) in [5.41, 5.74) is 1.46. The number of hydrogen-bond acceptors (Lipinski definition) is 6. The lowest BCUT2D eigenvalue weighted by molar-refractivity contribution is -0.142. The zero-order valence-corrected chi connectivity index (χ0v) is 25.3. The minimum Gasteiger partial charge on any atom is -0.346 e. The third-order valence-electron chi connectivity index (χ3n) is 7.85. The number of pyridine rings is 1. The van der Waals surface area contributed by atoms with Crippen molar-refractivity contribution in [3.63, 3.8) is 0 Å². The highest BCUT2D eigenvalue weighted by atomic mass is 35.5. The first-order valence-electron chi connectivity index (χ1n) is 13.9. The molecule has 3 aromatic carbocycles. The van der Waals surface area contributed by atoms with Gasteiger partial charge in [0, 0.05) is 28.9 Å². The number of amides is 2. The fraction of sp³-hybridized carbons (Fsp3) is 0.152. The number of aromatic amines is 1. The molecular weight excluding hydrogens is 598 g/mol. The van der Waals surface area contributed by atoms with E-state index >= 15 is 0 Å². The predicted molar refractivity (Wildman–Crippen MR) is 170 cm³/mol. The lowest BCUT2D eigenvalue weighted by atomic mass is 9.91. The van der Waals surface area contributed by atoms with Crippen molar-refractivity contribution in [3.8, 4) is 11.3 Å². The second-order valence-electron chi connectivity index (χ2n) is 10.6. The van der Waals surface area contributed by atoms with Crippen LogP contribution >= 0.6 is 11.6 Å². The zero-order chi connectivity index (χ0) is 30.9. The van der Waals surface area contributed by atoms with Gasteiger partial charge in [0.1, 0.15) is 0 Å². The van der Waals surface area contributed by atoms with Gasteiger partial charge in [-0.3, -0.25) is 14.6 Å². The van der Waals surface area contributed by atoms with Crippen LogP contribution < -0.4 is 0 Å². The van der Waals surface area contributed by atoms with Crippen LogP contribution in [0.1, 0.15) is 28.5 Å². The number of hydrogen-bond donors (Lipinski definition) is 1. The van der Waals surface area contributed by atoms with Crippen molar-refractivity contribution in [1.29, 1.82) is 0 Å². The molecule has 0 spiro atoms. The Morgan fingerprint density at radius 2 is 1.80 bits per heavy atom. The number of benzene rings is 3. The Kier molecular flexibility index (Phi) is 7.79. The van der Waals surface area contributed by atoms with Gasteiger partial charge in [-0.25, -0.2) is 17.7 Å². The van der Waals surface area contributed by atoms with Gasteiger partial charge in [-0.05, 0) is 65.7 Å². The number of carbonyl (C=O) groups excluding carboxylic acids is 2. The summed E-state index contributed by atoms with van der Waals surface area (Å²) in [4.78, 5) is 40.6. The number of nitrogens with zero attached hydrogens (tertiary/aromatic N) is 4. The van der Waals surface area contributed by atoms with Crippen LogP contribution in [0.5, 0.6) is 0 Å². The first kappa shape index (κ1) is 29.3. The van der Waals surface area contributed by atoms with E-state index in [9.17, 15) is 18.0 Å². The van der Waals surface area contributed by atoms with Crippen molar-refractivity contribution < 1.29 is 18.0 Å². The predicted octanol–water partition coefficient (Wildman–Crippen LogP) is 5.52. The zero-order valence-electron chi connectivity index (χ0n) is 23.7. The molecule has 0 radical (unpaired) electrons. The molecule has 0 saturated carbocycles. The minimum absolute atomic E-state index is 0.00172. The van der Waals surface area contributed by atoms with Crippen LogP contribution in [0.4, 0.5) is 0 Å². The molecule has 6 rings (SSSR count). The van der Waals surface area contributed by atoms with Gasteiger partial charge >= 0.3 is 0 Å². The topological polar surface area (TPSA) is 116 Å². The molecule has 1 N–H and O–H groups in total. The van der Waals surface area contributed by atoms with Gasteiger partial charge in [-0.1, -0.05) is 60.2 Å². The minimum atomic E-state index is -4.06. The average molecular weight is 626 g/mol. The molecule has 11 heteroatoms. The van der Waals surface area contributed by atoms with Crippen molar-refractivity contribution in [2.75, 3.05) is 18.8 Å². The van der Waals surface area contributed by atoms with Crippen LogP contribution in [0.15, 0.2) is 104 Å². The highest BCUT2D eigenvalue weighted by molar-refractivity contribution is 7.89. The van der Waals surface area contributed by atoms with Crippen molar-refractivity contribution in [3.05, 3.63) is 126 Å². The average Bonchev–Trinajstić information content (AvgIpc) is 3.58. The van der Waals surface area contributed by atoms with E-state index in [1.54, 1.807) is 49.5 Å². The molecule has 2 amide bonds. The summed E-state index contributed by atoms with van der Waals surface area (Å²) in [6.07, 6.45) is 7.75. The lowest BCUT2D eigenvalue weighted by Crippen LogP contribution is -2.65. The molecule has 3 heterocycles. The number of imidazole rings is 1. The van der Waals surface area contributed by atoms with Gasteiger partial charge in [0.15, 0.2) is 5.54 Å². The summed E-state index contributed by atoms with van der Waals surface area (Å²) >= 11 is 6.07. The molecule has 1 unspecified atom stereocenters. The van der Waals surface area contributed by atoms with Crippen molar-refractivity contribution >= 4 is 50.3 Å². The summed E-state index contributed by atoms with van der Waals surface area (Å²) in [5, 5.41) is 2.58. The molecule has 1 aliphatic heterocycles. The van der Waals surface area contributed by atoms with Gasteiger partial charge in [0.2, 0.25) is 10.0 Å². The van der Waals surface area contributed by atoms with Crippen molar-refractivity contribution in [2.24, 2.45) is 0 Å². The Hall–Kier alpha value is -4.80. The Morgan fingerprint density at radius 3 is 2.52 bits per heavy atom. The number of carbonyl (C=O) groups is 2. The van der Waals surface area contributed by atoms with Gasteiger partial charge in [0.05, 0.1) is 36.2 Å². The standard InChI is InChI=1S/C33H28ClN5O4S/c1-33(30-21-35-22-37-30)32(41)39(44(42,43)18-4-5-23-7-8-27-20-28(34)14-13-26(27)19-23)17-16-38(33)31(40)25-11-9-24(10-12-25)29-6-2-3-15-36-29/h2-15,19-22H,16-18H2,1H3,(H,35,37). The summed E-state index contributed by atoms with van der Waals surface area (Å²) < 4.78 is 27.9. The monoisotopic (exact) mass is 625 g/mol. The number of halogens is 1. The number of nitrogens with one attached hydrogen (secondary N) is 1. The lowest BCUT2D eigenvalue weighted by Gasteiger charge is -2.46. The molecule has 222 valence electrons. The van der Waals surface area contributed by atoms with E-state index in [1.807, 2.05) is 48.5 Å². The Morgan fingerprint density at radius 1 is 1.02 bits per heavy atom. The molecule has 9 nitrogen and oxygen atoms in total. The highest BCUT2D eigenvalue weighted by Crippen LogP contribution is 2.35. The second-order valence-corrected chi connectivity index (χ2v) is 13.0. The Balaban J connectivity index is 1.24. The quantitative estimate of drug-likeness (QED) is 0.255. The smallest absolute Gasteiger partial charge is 0.268 e. The van der Waals surface area contributed by atoms with E-state index in [1.165, 1.54) is 23.5 Å².